The first-order valence-corrected chi connectivity index (χ1v) is 8.05. The van der Waals surface area contributed by atoms with Crippen molar-refractivity contribution in [3.63, 3.8) is 0 Å². The first-order valence-electron chi connectivity index (χ1n) is 7.23. The summed E-state index contributed by atoms with van der Waals surface area (Å²) in [5.74, 6) is 0.252. The fraction of sp³-hybridized carbons (Fsp3) is 0.714. The molecule has 0 aromatic carbocycles. The van der Waals surface area contributed by atoms with Crippen LogP contribution in [0.2, 0.25) is 0 Å². The highest BCUT2D eigenvalue weighted by atomic mass is 32.1. The molecule has 6 heteroatoms. The number of piperidine rings is 1. The second-order valence-electron chi connectivity index (χ2n) is 5.40. The van der Waals surface area contributed by atoms with E-state index in [1.54, 1.807) is 11.3 Å². The number of carbonyl (C=O) groups excluding carboxylic acids is 1. The van der Waals surface area contributed by atoms with E-state index in [9.17, 15) is 4.79 Å². The van der Waals surface area contributed by atoms with Crippen LogP contribution < -0.4 is 11.1 Å². The molecule has 3 N–H and O–H groups in total. The van der Waals surface area contributed by atoms with E-state index in [4.69, 9.17) is 5.73 Å². The number of nitrogens with zero attached hydrogens (tertiary/aromatic N) is 2. The van der Waals surface area contributed by atoms with Crippen molar-refractivity contribution in [2.24, 2.45) is 11.7 Å². The molecule has 1 amide bonds. The lowest BCUT2D eigenvalue weighted by Gasteiger charge is -2.31. The molecule has 0 radical (unpaired) electrons. The summed E-state index contributed by atoms with van der Waals surface area (Å²) in [7, 11) is 0. The minimum Gasteiger partial charge on any atom is -0.355 e. The molecule has 0 aliphatic carbocycles. The Morgan fingerprint density at radius 2 is 2.35 bits per heavy atom. The van der Waals surface area contributed by atoms with Gasteiger partial charge in [0, 0.05) is 31.1 Å². The fourth-order valence-electron chi connectivity index (χ4n) is 2.68. The van der Waals surface area contributed by atoms with Gasteiger partial charge in [-0.3, -0.25) is 9.69 Å². The topological polar surface area (TPSA) is 71.2 Å². The number of amides is 1. The summed E-state index contributed by atoms with van der Waals surface area (Å²) in [6.45, 7) is 8.00. The van der Waals surface area contributed by atoms with Crippen LogP contribution >= 0.6 is 11.3 Å². The molecule has 1 atom stereocenters. The largest absolute Gasteiger partial charge is 0.355 e. The number of hydrogen-bond acceptors (Lipinski definition) is 5. The number of thiazole rings is 1. The molecule has 2 heterocycles. The summed E-state index contributed by atoms with van der Waals surface area (Å²) < 4.78 is 0. The van der Waals surface area contributed by atoms with E-state index >= 15 is 0 Å². The van der Waals surface area contributed by atoms with E-state index in [-0.39, 0.29) is 11.8 Å². The van der Waals surface area contributed by atoms with Crippen molar-refractivity contribution in [2.75, 3.05) is 26.2 Å². The van der Waals surface area contributed by atoms with Crippen LogP contribution in [0.15, 0.2) is 0 Å². The number of nitrogens with two attached hydrogens (primary N) is 1. The first kappa shape index (κ1) is 15.4. The van der Waals surface area contributed by atoms with Gasteiger partial charge in [0.2, 0.25) is 5.91 Å². The summed E-state index contributed by atoms with van der Waals surface area (Å²) in [4.78, 5) is 20.2. The number of carbonyl (C=O) groups is 1. The van der Waals surface area contributed by atoms with Gasteiger partial charge in [0.15, 0.2) is 0 Å². The van der Waals surface area contributed by atoms with Crippen molar-refractivity contribution in [2.45, 2.75) is 33.2 Å². The molecule has 1 aliphatic rings. The van der Waals surface area contributed by atoms with Crippen LogP contribution in [0.25, 0.3) is 0 Å². The highest BCUT2D eigenvalue weighted by Gasteiger charge is 2.26. The zero-order valence-electron chi connectivity index (χ0n) is 12.3. The zero-order chi connectivity index (χ0) is 14.5. The second-order valence-corrected chi connectivity index (χ2v) is 6.68. The molecule has 1 aromatic rings. The third-order valence-corrected chi connectivity index (χ3v) is 4.74. The Hall–Kier alpha value is -0.980. The zero-order valence-corrected chi connectivity index (χ0v) is 13.1. The smallest absolute Gasteiger partial charge is 0.224 e. The molecular weight excluding hydrogens is 272 g/mol. The van der Waals surface area contributed by atoms with E-state index in [1.807, 2.05) is 6.92 Å². The highest BCUT2D eigenvalue weighted by molar-refractivity contribution is 7.11. The second kappa shape index (κ2) is 7.15. The van der Waals surface area contributed by atoms with Gasteiger partial charge in [0.05, 0.1) is 16.6 Å². The van der Waals surface area contributed by atoms with Crippen molar-refractivity contribution in [1.82, 2.24) is 15.2 Å². The van der Waals surface area contributed by atoms with Gasteiger partial charge in [-0.15, -0.1) is 11.3 Å². The summed E-state index contributed by atoms with van der Waals surface area (Å²) in [6, 6.07) is 0. The number of aryl methyl sites for hydroxylation is 2. The first-order chi connectivity index (χ1) is 9.60. The Balaban J connectivity index is 1.90. The Bertz CT molecular complexity index is 460. The van der Waals surface area contributed by atoms with E-state index in [2.05, 4.69) is 22.1 Å². The number of rotatable bonds is 5. The molecule has 1 fully saturated rings. The predicted molar refractivity (Wildman–Crippen MR) is 81.7 cm³/mol. The van der Waals surface area contributed by atoms with Crippen molar-refractivity contribution >= 4 is 17.2 Å². The van der Waals surface area contributed by atoms with Crippen molar-refractivity contribution in [3.8, 4) is 0 Å². The molecular formula is C14H24N4OS. The maximum absolute atomic E-state index is 12.0. The maximum atomic E-state index is 12.0. The van der Waals surface area contributed by atoms with Crippen LogP contribution in [-0.4, -0.2) is 42.0 Å². The lowest BCUT2D eigenvalue weighted by Crippen LogP contribution is -2.43. The average molecular weight is 296 g/mol. The van der Waals surface area contributed by atoms with Crippen LogP contribution in [0, 0.1) is 19.8 Å². The molecule has 0 bridgehead atoms. The van der Waals surface area contributed by atoms with Crippen LogP contribution in [0.5, 0.6) is 0 Å². The number of aromatic nitrogens is 1. The van der Waals surface area contributed by atoms with Gasteiger partial charge in [0.1, 0.15) is 0 Å². The van der Waals surface area contributed by atoms with Gasteiger partial charge >= 0.3 is 0 Å². The van der Waals surface area contributed by atoms with Gasteiger partial charge in [0.25, 0.3) is 0 Å². The van der Waals surface area contributed by atoms with Crippen LogP contribution in [0.1, 0.15) is 28.4 Å². The highest BCUT2D eigenvalue weighted by Crippen LogP contribution is 2.23. The molecule has 5 nitrogen and oxygen atoms in total. The van der Waals surface area contributed by atoms with Crippen molar-refractivity contribution in [3.05, 3.63) is 15.6 Å². The minimum atomic E-state index is 0.102. The SMILES string of the molecule is Cc1nc(C)c(CN2CCCC(C(=O)NCCN)C2)s1. The Kier molecular flexibility index (Phi) is 5.51. The summed E-state index contributed by atoms with van der Waals surface area (Å²) in [6.07, 6.45) is 2.06. The van der Waals surface area contributed by atoms with Crippen molar-refractivity contribution < 1.29 is 4.79 Å². The fourth-order valence-corrected chi connectivity index (χ4v) is 3.66. The summed E-state index contributed by atoms with van der Waals surface area (Å²) in [5, 5.41) is 4.02. The Morgan fingerprint density at radius 3 is 3.00 bits per heavy atom. The lowest BCUT2D eigenvalue weighted by molar-refractivity contribution is -0.126. The molecule has 1 unspecified atom stereocenters. The predicted octanol–water partition coefficient (Wildman–Crippen LogP) is 1.05. The van der Waals surface area contributed by atoms with E-state index in [1.165, 1.54) is 4.88 Å². The molecule has 0 saturated carbocycles. The number of hydrogen-bond donors (Lipinski definition) is 2. The van der Waals surface area contributed by atoms with Gasteiger partial charge in [-0.2, -0.15) is 0 Å². The van der Waals surface area contributed by atoms with E-state index < -0.39 is 0 Å². The quantitative estimate of drug-likeness (QED) is 0.852. The van der Waals surface area contributed by atoms with Crippen LogP contribution in [0.3, 0.4) is 0 Å². The standard InChI is InChI=1S/C14H24N4OS/c1-10-13(20-11(2)17-10)9-18-7-3-4-12(8-18)14(19)16-6-5-15/h12H,3-9,15H2,1-2H3,(H,16,19). The third-order valence-electron chi connectivity index (χ3n) is 3.69. The molecule has 112 valence electrons. The Morgan fingerprint density at radius 1 is 1.55 bits per heavy atom. The Labute approximate surface area is 124 Å². The van der Waals surface area contributed by atoms with E-state index in [0.717, 1.165) is 43.2 Å². The van der Waals surface area contributed by atoms with Gasteiger partial charge in [-0.05, 0) is 33.2 Å². The number of nitrogens with one attached hydrogen (secondary N) is 1. The monoisotopic (exact) mass is 296 g/mol. The lowest BCUT2D eigenvalue weighted by atomic mass is 9.97. The average Bonchev–Trinajstić information content (AvgIpc) is 2.74. The molecule has 1 aromatic heterocycles. The van der Waals surface area contributed by atoms with Gasteiger partial charge in [-0.1, -0.05) is 0 Å². The van der Waals surface area contributed by atoms with Crippen LogP contribution in [-0.2, 0) is 11.3 Å². The molecule has 0 spiro atoms. The van der Waals surface area contributed by atoms with Gasteiger partial charge in [-0.25, -0.2) is 4.98 Å². The maximum Gasteiger partial charge on any atom is 0.224 e. The van der Waals surface area contributed by atoms with E-state index in [0.29, 0.717) is 13.1 Å². The summed E-state index contributed by atoms with van der Waals surface area (Å²) >= 11 is 1.76. The molecule has 20 heavy (non-hydrogen) atoms. The molecule has 1 aliphatic heterocycles. The van der Waals surface area contributed by atoms with Gasteiger partial charge < -0.3 is 11.1 Å². The molecule has 1 saturated heterocycles. The third kappa shape index (κ3) is 4.01. The number of likely N-dealkylation sites (tertiary alicyclic amines) is 1. The normalized spacial score (nSPS) is 20.1. The minimum absolute atomic E-state index is 0.102. The van der Waals surface area contributed by atoms with Crippen LogP contribution in [0.4, 0.5) is 0 Å². The summed E-state index contributed by atoms with van der Waals surface area (Å²) in [5.41, 5.74) is 6.55. The van der Waals surface area contributed by atoms with Crippen molar-refractivity contribution in [1.29, 1.82) is 0 Å². The molecule has 2 rings (SSSR count).